The van der Waals surface area contributed by atoms with Gasteiger partial charge in [-0.05, 0) is 41.0 Å². The van der Waals surface area contributed by atoms with Crippen molar-refractivity contribution in [1.82, 2.24) is 9.97 Å². The van der Waals surface area contributed by atoms with Gasteiger partial charge in [-0.3, -0.25) is 4.98 Å². The van der Waals surface area contributed by atoms with Gasteiger partial charge >= 0.3 is 6.18 Å². The Kier molecular flexibility index (Phi) is 5.30. The van der Waals surface area contributed by atoms with Crippen molar-refractivity contribution in [3.63, 3.8) is 0 Å². The second kappa shape index (κ2) is 6.87. The summed E-state index contributed by atoms with van der Waals surface area (Å²) in [6.07, 6.45) is -1.22. The highest BCUT2D eigenvalue weighted by atomic mass is 35.5. The summed E-state index contributed by atoms with van der Waals surface area (Å²) in [6.45, 7) is 5.76. The topological polar surface area (TPSA) is 25.8 Å². The Hall–Kier alpha value is -1.62. The van der Waals surface area contributed by atoms with Crippen LogP contribution in [0, 0.1) is 0 Å². The number of alkyl halides is 3. The zero-order valence-electron chi connectivity index (χ0n) is 13.2. The van der Waals surface area contributed by atoms with Crippen molar-refractivity contribution in [2.75, 3.05) is 0 Å². The summed E-state index contributed by atoms with van der Waals surface area (Å²) in [7, 11) is 0. The van der Waals surface area contributed by atoms with Gasteiger partial charge in [-0.1, -0.05) is 44.5 Å². The van der Waals surface area contributed by atoms with Crippen LogP contribution in [0.4, 0.5) is 13.2 Å². The normalized spacial score (nSPS) is 13.4. The van der Waals surface area contributed by atoms with Gasteiger partial charge in [0.2, 0.25) is 0 Å². The first-order chi connectivity index (χ1) is 10.7. The number of rotatable bonds is 4. The molecule has 2 heterocycles. The Morgan fingerprint density at radius 1 is 1.13 bits per heavy atom. The van der Waals surface area contributed by atoms with Gasteiger partial charge in [0.25, 0.3) is 0 Å². The fourth-order valence-corrected chi connectivity index (χ4v) is 2.86. The largest absolute Gasteiger partial charge is 0.433 e. The highest BCUT2D eigenvalue weighted by Crippen LogP contribution is 2.35. The molecule has 2 rings (SSSR count). The van der Waals surface area contributed by atoms with Crippen LogP contribution in [0.1, 0.15) is 55.0 Å². The molecule has 6 heteroatoms. The molecule has 1 unspecified atom stereocenters. The second-order valence-electron chi connectivity index (χ2n) is 5.92. The van der Waals surface area contributed by atoms with Gasteiger partial charge < -0.3 is 0 Å². The van der Waals surface area contributed by atoms with Crippen LogP contribution in [0.25, 0.3) is 0 Å². The molecule has 2 aromatic heterocycles. The molecule has 0 bridgehead atoms. The molecule has 0 aliphatic rings. The highest BCUT2D eigenvalue weighted by molar-refractivity contribution is 6.30. The van der Waals surface area contributed by atoms with Crippen LogP contribution in [0.15, 0.2) is 30.6 Å². The third-order valence-corrected chi connectivity index (χ3v) is 4.04. The predicted octanol–water partition coefficient (Wildman–Crippen LogP) is 5.62. The first-order valence-corrected chi connectivity index (χ1v) is 7.74. The van der Waals surface area contributed by atoms with E-state index in [1.807, 2.05) is 19.9 Å². The van der Waals surface area contributed by atoms with E-state index < -0.39 is 11.9 Å². The standard InChI is InChI=1S/C17H18ClF3N2/c1-10(2)14-8-12(9-23-16(14)18)7-11(3)13-5-4-6-22-15(13)17(19,20)21/h4-6,8-11H,7H2,1-3H3. The van der Waals surface area contributed by atoms with Gasteiger partial charge in [0.05, 0.1) is 0 Å². The molecule has 0 N–H and O–H groups in total. The summed E-state index contributed by atoms with van der Waals surface area (Å²) in [6, 6.07) is 4.92. The Morgan fingerprint density at radius 2 is 1.83 bits per heavy atom. The van der Waals surface area contributed by atoms with Crippen LogP contribution in [-0.2, 0) is 12.6 Å². The van der Waals surface area contributed by atoms with Gasteiger partial charge in [-0.2, -0.15) is 13.2 Å². The van der Waals surface area contributed by atoms with Crippen molar-refractivity contribution in [2.45, 2.75) is 45.2 Å². The van der Waals surface area contributed by atoms with Gasteiger partial charge in [0, 0.05) is 12.4 Å². The lowest BCUT2D eigenvalue weighted by Crippen LogP contribution is -2.14. The van der Waals surface area contributed by atoms with E-state index in [0.717, 1.165) is 11.1 Å². The maximum Gasteiger partial charge on any atom is 0.433 e. The highest BCUT2D eigenvalue weighted by Gasteiger charge is 2.36. The van der Waals surface area contributed by atoms with E-state index in [1.54, 1.807) is 13.1 Å². The monoisotopic (exact) mass is 342 g/mol. The first kappa shape index (κ1) is 17.7. The van der Waals surface area contributed by atoms with Gasteiger partial charge in [-0.25, -0.2) is 4.98 Å². The fraction of sp³-hybridized carbons (Fsp3) is 0.412. The van der Waals surface area contributed by atoms with Crippen molar-refractivity contribution in [3.05, 3.63) is 58.1 Å². The third kappa shape index (κ3) is 4.22. The molecule has 124 valence electrons. The number of halogens is 4. The molecule has 0 radical (unpaired) electrons. The lowest BCUT2D eigenvalue weighted by Gasteiger charge is -2.18. The minimum atomic E-state index is -4.45. The maximum atomic E-state index is 13.1. The predicted molar refractivity (Wildman–Crippen MR) is 84.7 cm³/mol. The van der Waals surface area contributed by atoms with Crippen molar-refractivity contribution in [1.29, 1.82) is 0 Å². The van der Waals surface area contributed by atoms with Crippen molar-refractivity contribution in [3.8, 4) is 0 Å². The van der Waals surface area contributed by atoms with Crippen molar-refractivity contribution in [2.24, 2.45) is 0 Å². The molecule has 0 aliphatic carbocycles. The minimum absolute atomic E-state index is 0.195. The molecule has 0 aliphatic heterocycles. The molecule has 0 amide bonds. The average Bonchev–Trinajstić information content (AvgIpc) is 2.48. The lowest BCUT2D eigenvalue weighted by atomic mass is 9.91. The van der Waals surface area contributed by atoms with E-state index >= 15 is 0 Å². The summed E-state index contributed by atoms with van der Waals surface area (Å²) in [5.74, 6) is -0.127. The average molecular weight is 343 g/mol. The van der Waals surface area contributed by atoms with Gasteiger partial charge in [0.15, 0.2) is 0 Å². The third-order valence-electron chi connectivity index (χ3n) is 3.73. The first-order valence-electron chi connectivity index (χ1n) is 7.36. The van der Waals surface area contributed by atoms with E-state index in [4.69, 9.17) is 11.6 Å². The molecule has 2 nitrogen and oxygen atoms in total. The number of hydrogen-bond acceptors (Lipinski definition) is 2. The van der Waals surface area contributed by atoms with Gasteiger partial charge in [-0.15, -0.1) is 0 Å². The molecular formula is C17H18ClF3N2. The molecule has 23 heavy (non-hydrogen) atoms. The van der Waals surface area contributed by atoms with Crippen molar-refractivity contribution >= 4 is 11.6 Å². The van der Waals surface area contributed by atoms with E-state index in [-0.39, 0.29) is 17.4 Å². The lowest BCUT2D eigenvalue weighted by molar-refractivity contribution is -0.142. The summed E-state index contributed by atoms with van der Waals surface area (Å²) >= 11 is 6.06. The van der Waals surface area contributed by atoms with Crippen LogP contribution in [-0.4, -0.2) is 9.97 Å². The van der Waals surface area contributed by atoms with E-state index in [0.29, 0.717) is 11.6 Å². The quantitative estimate of drug-likeness (QED) is 0.674. The smallest absolute Gasteiger partial charge is 0.252 e. The summed E-state index contributed by atoms with van der Waals surface area (Å²) < 4.78 is 39.2. The zero-order chi connectivity index (χ0) is 17.2. The number of nitrogens with zero attached hydrogens (tertiary/aromatic N) is 2. The number of hydrogen-bond donors (Lipinski definition) is 0. The number of pyridine rings is 2. The van der Waals surface area contributed by atoms with Crippen LogP contribution in [0.3, 0.4) is 0 Å². The van der Waals surface area contributed by atoms with Gasteiger partial charge in [0.1, 0.15) is 10.8 Å². The van der Waals surface area contributed by atoms with Crippen LogP contribution in [0.5, 0.6) is 0 Å². The van der Waals surface area contributed by atoms with Crippen LogP contribution in [0.2, 0.25) is 5.15 Å². The Bertz CT molecular complexity index is 684. The molecule has 0 fully saturated rings. The molecule has 0 aromatic carbocycles. The minimum Gasteiger partial charge on any atom is -0.252 e. The molecule has 2 aromatic rings. The van der Waals surface area contributed by atoms with Crippen molar-refractivity contribution < 1.29 is 13.2 Å². The maximum absolute atomic E-state index is 13.1. The van der Waals surface area contributed by atoms with Crippen LogP contribution < -0.4 is 0 Å². The Balaban J connectivity index is 2.30. The van der Waals surface area contributed by atoms with E-state index in [1.165, 1.54) is 18.3 Å². The van der Waals surface area contributed by atoms with E-state index in [9.17, 15) is 13.2 Å². The summed E-state index contributed by atoms with van der Waals surface area (Å²) in [5.41, 5.74) is 1.14. The van der Waals surface area contributed by atoms with E-state index in [2.05, 4.69) is 9.97 Å². The summed E-state index contributed by atoms with van der Waals surface area (Å²) in [4.78, 5) is 7.66. The molecule has 0 spiro atoms. The fourth-order valence-electron chi connectivity index (χ4n) is 2.54. The summed E-state index contributed by atoms with van der Waals surface area (Å²) in [5, 5.41) is 0.439. The second-order valence-corrected chi connectivity index (χ2v) is 6.28. The zero-order valence-corrected chi connectivity index (χ0v) is 13.9. The van der Waals surface area contributed by atoms with Crippen LogP contribution >= 0.6 is 11.6 Å². The molecule has 0 saturated heterocycles. The SMILES string of the molecule is CC(C)c1cc(CC(C)c2cccnc2C(F)(F)F)cnc1Cl. The molecule has 0 saturated carbocycles. The molecular weight excluding hydrogens is 325 g/mol. The molecule has 1 atom stereocenters. The Morgan fingerprint density at radius 3 is 2.43 bits per heavy atom. The number of aromatic nitrogens is 2. The Labute approximate surface area is 138 Å².